The minimum absolute atomic E-state index is 0.110. The van der Waals surface area contributed by atoms with Gasteiger partial charge in [-0.25, -0.2) is 9.97 Å². The van der Waals surface area contributed by atoms with Crippen LogP contribution in [0, 0.1) is 5.92 Å². The minimum atomic E-state index is -0.326. The Morgan fingerprint density at radius 3 is 2.54 bits per heavy atom. The van der Waals surface area contributed by atoms with Crippen molar-refractivity contribution in [1.29, 1.82) is 0 Å². The number of benzene rings is 1. The second-order valence-corrected chi connectivity index (χ2v) is 6.95. The predicted octanol–water partition coefficient (Wildman–Crippen LogP) is 2.36. The van der Waals surface area contributed by atoms with E-state index in [9.17, 15) is 9.90 Å². The van der Waals surface area contributed by atoms with Crippen molar-refractivity contribution < 1.29 is 9.90 Å². The summed E-state index contributed by atoms with van der Waals surface area (Å²) < 4.78 is 0. The standard InChI is InChI=1S/C21H21N5O2/c22-21-24-12-16(18(26-21)13-6-2-1-3-7-13)20(28)25-19(14-10-15(27)11-14)17-8-4-5-9-23-17/h1-9,12,14-15,19,27H,10-11H2,(H,25,28)(H2,22,24,26)/t14?,15?,19-/m0/s1. The molecule has 0 bridgehead atoms. The Bertz CT molecular complexity index is 959. The number of aromatic nitrogens is 3. The number of nitrogens with zero attached hydrogens (tertiary/aromatic N) is 3. The van der Waals surface area contributed by atoms with E-state index in [4.69, 9.17) is 5.73 Å². The number of carbonyl (C=O) groups is 1. The Balaban J connectivity index is 1.65. The molecular weight excluding hydrogens is 354 g/mol. The van der Waals surface area contributed by atoms with Gasteiger partial charge in [0, 0.05) is 18.0 Å². The number of amides is 1. The summed E-state index contributed by atoms with van der Waals surface area (Å²) in [6.45, 7) is 0. The smallest absolute Gasteiger partial charge is 0.255 e. The third-order valence-corrected chi connectivity index (χ3v) is 5.01. The molecule has 4 N–H and O–H groups in total. The quantitative estimate of drug-likeness (QED) is 0.631. The van der Waals surface area contributed by atoms with Gasteiger partial charge in [-0.2, -0.15) is 0 Å². The number of rotatable bonds is 5. The minimum Gasteiger partial charge on any atom is -0.393 e. The van der Waals surface area contributed by atoms with Crippen LogP contribution in [0.5, 0.6) is 0 Å². The van der Waals surface area contributed by atoms with Crippen LogP contribution in [0.2, 0.25) is 0 Å². The van der Waals surface area contributed by atoms with Crippen LogP contribution in [0.25, 0.3) is 11.3 Å². The van der Waals surface area contributed by atoms with Gasteiger partial charge in [0.1, 0.15) is 0 Å². The van der Waals surface area contributed by atoms with E-state index in [2.05, 4.69) is 20.3 Å². The molecule has 28 heavy (non-hydrogen) atoms. The highest BCUT2D eigenvalue weighted by Gasteiger charge is 2.36. The second kappa shape index (κ2) is 7.74. The number of nitrogens with one attached hydrogen (secondary N) is 1. The zero-order valence-corrected chi connectivity index (χ0v) is 15.2. The highest BCUT2D eigenvalue weighted by Crippen LogP contribution is 2.37. The van der Waals surface area contributed by atoms with E-state index >= 15 is 0 Å². The van der Waals surface area contributed by atoms with Crippen molar-refractivity contribution in [3.05, 3.63) is 72.2 Å². The molecular formula is C21H21N5O2. The monoisotopic (exact) mass is 375 g/mol. The first-order chi connectivity index (χ1) is 13.6. The zero-order chi connectivity index (χ0) is 19.5. The molecule has 0 aliphatic heterocycles. The van der Waals surface area contributed by atoms with Crippen molar-refractivity contribution in [1.82, 2.24) is 20.3 Å². The molecule has 1 fully saturated rings. The van der Waals surface area contributed by atoms with E-state index in [0.717, 1.165) is 11.3 Å². The molecule has 7 heteroatoms. The van der Waals surface area contributed by atoms with Crippen molar-refractivity contribution in [3.63, 3.8) is 0 Å². The van der Waals surface area contributed by atoms with Crippen LogP contribution in [-0.2, 0) is 0 Å². The Morgan fingerprint density at radius 2 is 1.86 bits per heavy atom. The van der Waals surface area contributed by atoms with Crippen LogP contribution in [0.3, 0.4) is 0 Å². The summed E-state index contributed by atoms with van der Waals surface area (Å²) in [5.41, 5.74) is 8.15. The van der Waals surface area contributed by atoms with Crippen LogP contribution >= 0.6 is 0 Å². The zero-order valence-electron chi connectivity index (χ0n) is 15.2. The third kappa shape index (κ3) is 3.70. The van der Waals surface area contributed by atoms with Gasteiger partial charge >= 0.3 is 0 Å². The van der Waals surface area contributed by atoms with Crippen LogP contribution in [0.15, 0.2) is 60.9 Å². The lowest BCUT2D eigenvalue weighted by atomic mass is 9.76. The number of nitrogen functional groups attached to an aromatic ring is 1. The molecule has 3 aromatic rings. The number of pyridine rings is 1. The van der Waals surface area contributed by atoms with E-state index in [-0.39, 0.29) is 29.9 Å². The maximum absolute atomic E-state index is 13.1. The third-order valence-electron chi connectivity index (χ3n) is 5.01. The van der Waals surface area contributed by atoms with Crippen LogP contribution in [-0.4, -0.2) is 32.1 Å². The first-order valence-electron chi connectivity index (χ1n) is 9.19. The van der Waals surface area contributed by atoms with Gasteiger partial charge in [-0.05, 0) is 30.9 Å². The molecule has 4 rings (SSSR count). The predicted molar refractivity (Wildman–Crippen MR) is 105 cm³/mol. The Kier molecular flexibility index (Phi) is 4.99. The molecule has 1 atom stereocenters. The first kappa shape index (κ1) is 18.1. The molecule has 1 amide bonds. The maximum atomic E-state index is 13.1. The molecule has 142 valence electrons. The van der Waals surface area contributed by atoms with E-state index < -0.39 is 0 Å². The molecule has 7 nitrogen and oxygen atoms in total. The molecule has 2 aromatic heterocycles. The van der Waals surface area contributed by atoms with Crippen molar-refractivity contribution >= 4 is 11.9 Å². The van der Waals surface area contributed by atoms with E-state index in [1.807, 2.05) is 48.5 Å². The molecule has 1 aliphatic rings. The molecule has 0 spiro atoms. The van der Waals surface area contributed by atoms with Crippen LogP contribution in [0.4, 0.5) is 5.95 Å². The summed E-state index contributed by atoms with van der Waals surface area (Å²) in [6, 6.07) is 14.7. The van der Waals surface area contributed by atoms with Crippen molar-refractivity contribution in [2.75, 3.05) is 5.73 Å². The molecule has 1 saturated carbocycles. The molecule has 1 aromatic carbocycles. The van der Waals surface area contributed by atoms with Gasteiger partial charge in [0.2, 0.25) is 5.95 Å². The summed E-state index contributed by atoms with van der Waals surface area (Å²) in [7, 11) is 0. The summed E-state index contributed by atoms with van der Waals surface area (Å²) in [5.74, 6) is -0.0570. The van der Waals surface area contributed by atoms with E-state index in [0.29, 0.717) is 24.1 Å². The lowest BCUT2D eigenvalue weighted by Crippen LogP contribution is -2.42. The number of anilines is 1. The largest absolute Gasteiger partial charge is 0.393 e. The second-order valence-electron chi connectivity index (χ2n) is 6.95. The maximum Gasteiger partial charge on any atom is 0.255 e. The average Bonchev–Trinajstić information content (AvgIpc) is 2.71. The fourth-order valence-corrected chi connectivity index (χ4v) is 3.49. The number of nitrogens with two attached hydrogens (primary N) is 1. The Hall–Kier alpha value is -3.32. The normalized spacial score (nSPS) is 19.5. The molecule has 0 saturated heterocycles. The van der Waals surface area contributed by atoms with E-state index in [1.165, 1.54) is 6.20 Å². The lowest BCUT2D eigenvalue weighted by Gasteiger charge is -2.37. The van der Waals surface area contributed by atoms with Gasteiger partial charge in [0.15, 0.2) is 0 Å². The van der Waals surface area contributed by atoms with Gasteiger partial charge < -0.3 is 16.2 Å². The molecule has 0 radical (unpaired) electrons. The fraction of sp³-hybridized carbons (Fsp3) is 0.238. The van der Waals surface area contributed by atoms with E-state index in [1.54, 1.807) is 6.20 Å². The molecule has 0 unspecified atom stereocenters. The van der Waals surface area contributed by atoms with Gasteiger partial charge in [0.05, 0.1) is 29.1 Å². The summed E-state index contributed by atoms with van der Waals surface area (Å²) >= 11 is 0. The van der Waals surface area contributed by atoms with Crippen LogP contribution in [0.1, 0.15) is 34.9 Å². The Morgan fingerprint density at radius 1 is 1.11 bits per heavy atom. The number of hydrogen-bond donors (Lipinski definition) is 3. The number of hydrogen-bond acceptors (Lipinski definition) is 6. The highest BCUT2D eigenvalue weighted by molar-refractivity contribution is 6.00. The summed E-state index contributed by atoms with van der Waals surface area (Å²) in [5, 5.41) is 12.8. The number of aliphatic hydroxyl groups is 1. The lowest BCUT2D eigenvalue weighted by molar-refractivity contribution is 0.0228. The SMILES string of the molecule is Nc1ncc(C(=O)N[C@H](c2ccccn2)C2CC(O)C2)c(-c2ccccc2)n1. The first-order valence-corrected chi connectivity index (χ1v) is 9.19. The van der Waals surface area contributed by atoms with Gasteiger partial charge in [-0.15, -0.1) is 0 Å². The summed E-state index contributed by atoms with van der Waals surface area (Å²) in [4.78, 5) is 25.8. The summed E-state index contributed by atoms with van der Waals surface area (Å²) in [6.07, 6.45) is 4.08. The van der Waals surface area contributed by atoms with Crippen molar-refractivity contribution in [2.45, 2.75) is 25.0 Å². The topological polar surface area (TPSA) is 114 Å². The van der Waals surface area contributed by atoms with Gasteiger partial charge in [0.25, 0.3) is 5.91 Å². The number of aliphatic hydroxyl groups excluding tert-OH is 1. The molecule has 2 heterocycles. The fourth-order valence-electron chi connectivity index (χ4n) is 3.49. The van der Waals surface area contributed by atoms with Crippen molar-refractivity contribution in [3.8, 4) is 11.3 Å². The van der Waals surface area contributed by atoms with Gasteiger partial charge in [-0.1, -0.05) is 36.4 Å². The Labute approximate surface area is 162 Å². The molecule has 1 aliphatic carbocycles. The van der Waals surface area contributed by atoms with Crippen molar-refractivity contribution in [2.24, 2.45) is 5.92 Å². The highest BCUT2D eigenvalue weighted by atomic mass is 16.3. The average molecular weight is 375 g/mol. The van der Waals surface area contributed by atoms with Gasteiger partial charge in [-0.3, -0.25) is 9.78 Å². The van der Waals surface area contributed by atoms with Crippen LogP contribution < -0.4 is 11.1 Å². The number of carbonyl (C=O) groups excluding carboxylic acids is 1.